The van der Waals surface area contributed by atoms with Gasteiger partial charge in [-0.25, -0.2) is 0 Å². The second-order valence-electron chi connectivity index (χ2n) is 6.72. The monoisotopic (exact) mass is 282 g/mol. The first-order chi connectivity index (χ1) is 10.1. The van der Waals surface area contributed by atoms with E-state index in [9.17, 15) is 0 Å². The standard InChI is InChI=1S/C19H27BO/c1-5-9-16(6-2)17-10-7-8-11-18(17)21-20-14-12-19(3,4)13-15-20/h5-11H,12-15H2,1-4H3/b9-5-,16-6+. The van der Waals surface area contributed by atoms with Crippen LogP contribution in [0.1, 0.15) is 46.1 Å². The van der Waals surface area contributed by atoms with Crippen LogP contribution >= 0.6 is 0 Å². The Labute approximate surface area is 130 Å². The summed E-state index contributed by atoms with van der Waals surface area (Å²) in [5.41, 5.74) is 2.91. The van der Waals surface area contributed by atoms with Crippen molar-refractivity contribution in [1.29, 1.82) is 0 Å². The van der Waals surface area contributed by atoms with Gasteiger partial charge in [-0.3, -0.25) is 0 Å². The predicted molar refractivity (Wildman–Crippen MR) is 93.9 cm³/mol. The largest absolute Gasteiger partial charge is 0.560 e. The van der Waals surface area contributed by atoms with E-state index in [-0.39, 0.29) is 0 Å². The van der Waals surface area contributed by atoms with Gasteiger partial charge in [-0.05, 0) is 43.5 Å². The molecule has 112 valence electrons. The Bertz CT molecular complexity index is 518. The summed E-state index contributed by atoms with van der Waals surface area (Å²) in [6.45, 7) is 9.22. The Kier molecular flexibility index (Phi) is 5.33. The summed E-state index contributed by atoms with van der Waals surface area (Å²) in [6.07, 6.45) is 11.2. The van der Waals surface area contributed by atoms with Gasteiger partial charge in [0.15, 0.2) is 0 Å². The first-order valence-corrected chi connectivity index (χ1v) is 8.11. The molecule has 2 heteroatoms. The zero-order chi connectivity index (χ0) is 15.3. The first kappa shape index (κ1) is 15.9. The molecule has 1 aliphatic rings. The lowest BCUT2D eigenvalue weighted by molar-refractivity contribution is 0.310. The molecule has 1 aromatic carbocycles. The van der Waals surface area contributed by atoms with E-state index in [0.717, 1.165) is 18.4 Å². The molecule has 0 saturated carbocycles. The number of benzene rings is 1. The summed E-state index contributed by atoms with van der Waals surface area (Å²) in [5, 5.41) is 0. The van der Waals surface area contributed by atoms with Gasteiger partial charge in [0, 0.05) is 5.56 Å². The van der Waals surface area contributed by atoms with Crippen LogP contribution in [-0.2, 0) is 0 Å². The molecule has 0 radical (unpaired) electrons. The van der Waals surface area contributed by atoms with E-state index < -0.39 is 0 Å². The normalized spacial score (nSPS) is 19.0. The first-order valence-electron chi connectivity index (χ1n) is 8.11. The molecule has 0 amide bonds. The molecule has 0 atom stereocenters. The third-order valence-corrected chi connectivity index (χ3v) is 4.44. The molecule has 1 aromatic rings. The van der Waals surface area contributed by atoms with Crippen molar-refractivity contribution < 1.29 is 4.65 Å². The van der Waals surface area contributed by atoms with Crippen molar-refractivity contribution in [3.8, 4) is 5.75 Å². The Morgan fingerprint density at radius 3 is 2.43 bits per heavy atom. The van der Waals surface area contributed by atoms with Crippen LogP contribution < -0.4 is 4.65 Å². The highest BCUT2D eigenvalue weighted by Crippen LogP contribution is 2.37. The smallest absolute Gasteiger partial charge is 0.357 e. The summed E-state index contributed by atoms with van der Waals surface area (Å²) < 4.78 is 6.33. The summed E-state index contributed by atoms with van der Waals surface area (Å²) in [5.74, 6) is 1.02. The molecule has 1 fully saturated rings. The van der Waals surface area contributed by atoms with Crippen molar-refractivity contribution in [2.75, 3.05) is 0 Å². The molecule has 0 N–H and O–H groups in total. The SMILES string of the molecule is C/C=C\C(=C/C)c1ccccc1OB1CCC(C)(C)CC1. The van der Waals surface area contributed by atoms with Gasteiger partial charge < -0.3 is 4.65 Å². The summed E-state index contributed by atoms with van der Waals surface area (Å²) >= 11 is 0. The topological polar surface area (TPSA) is 9.23 Å². The van der Waals surface area contributed by atoms with E-state index in [1.807, 2.05) is 0 Å². The molecule has 1 heterocycles. The molecule has 0 aliphatic carbocycles. The molecule has 1 nitrogen and oxygen atoms in total. The van der Waals surface area contributed by atoms with Gasteiger partial charge in [0.2, 0.25) is 0 Å². The molecular weight excluding hydrogens is 255 g/mol. The summed E-state index contributed by atoms with van der Waals surface area (Å²) in [7, 11) is 0. The number of para-hydroxylation sites is 1. The van der Waals surface area contributed by atoms with E-state index in [1.165, 1.54) is 24.0 Å². The quantitative estimate of drug-likeness (QED) is 0.496. The molecule has 0 spiro atoms. The lowest BCUT2D eigenvalue weighted by Crippen LogP contribution is -2.31. The Hall–Kier alpha value is -1.44. The van der Waals surface area contributed by atoms with Crippen molar-refractivity contribution in [3.63, 3.8) is 0 Å². The van der Waals surface area contributed by atoms with Crippen molar-refractivity contribution in [2.45, 2.75) is 53.2 Å². The second-order valence-corrected chi connectivity index (χ2v) is 6.72. The maximum absolute atomic E-state index is 6.33. The van der Waals surface area contributed by atoms with Gasteiger partial charge in [0.25, 0.3) is 0 Å². The van der Waals surface area contributed by atoms with Crippen molar-refractivity contribution in [1.82, 2.24) is 0 Å². The van der Waals surface area contributed by atoms with Crippen molar-refractivity contribution in [3.05, 3.63) is 48.1 Å². The van der Waals surface area contributed by atoms with Crippen molar-refractivity contribution in [2.24, 2.45) is 5.41 Å². The lowest BCUT2D eigenvalue weighted by Gasteiger charge is -2.32. The summed E-state index contributed by atoms with van der Waals surface area (Å²) in [6, 6.07) is 8.40. The Morgan fingerprint density at radius 1 is 1.14 bits per heavy atom. The Balaban J connectivity index is 2.14. The average Bonchev–Trinajstić information content (AvgIpc) is 2.48. The molecule has 0 unspecified atom stereocenters. The van der Waals surface area contributed by atoms with Gasteiger partial charge in [-0.15, -0.1) is 0 Å². The second kappa shape index (κ2) is 7.02. The zero-order valence-electron chi connectivity index (χ0n) is 13.9. The molecule has 0 bridgehead atoms. The number of hydrogen-bond acceptors (Lipinski definition) is 1. The third-order valence-electron chi connectivity index (χ3n) is 4.44. The molecule has 0 aromatic heterocycles. The van der Waals surface area contributed by atoms with Crippen LogP contribution in [0.25, 0.3) is 5.57 Å². The highest BCUT2D eigenvalue weighted by atomic mass is 16.4. The van der Waals surface area contributed by atoms with Crippen LogP contribution in [0.5, 0.6) is 5.75 Å². The number of hydrogen-bond donors (Lipinski definition) is 0. The molecule has 21 heavy (non-hydrogen) atoms. The molecular formula is C19H27BO. The fraction of sp³-hybridized carbons (Fsp3) is 0.474. The average molecular weight is 282 g/mol. The fourth-order valence-corrected chi connectivity index (χ4v) is 3.00. The van der Waals surface area contributed by atoms with Crippen LogP contribution in [0, 0.1) is 5.41 Å². The maximum Gasteiger partial charge on any atom is 0.357 e. The van der Waals surface area contributed by atoms with Gasteiger partial charge in [0.05, 0.1) is 0 Å². The zero-order valence-corrected chi connectivity index (χ0v) is 13.9. The minimum atomic E-state index is 0.364. The van der Waals surface area contributed by atoms with Crippen LogP contribution in [0.4, 0.5) is 0 Å². The van der Waals surface area contributed by atoms with E-state index >= 15 is 0 Å². The summed E-state index contributed by atoms with van der Waals surface area (Å²) in [4.78, 5) is 0. The van der Waals surface area contributed by atoms with Gasteiger partial charge >= 0.3 is 6.92 Å². The highest BCUT2D eigenvalue weighted by molar-refractivity contribution is 6.53. The van der Waals surface area contributed by atoms with E-state index in [0.29, 0.717) is 12.3 Å². The van der Waals surface area contributed by atoms with E-state index in [2.05, 4.69) is 70.2 Å². The predicted octanol–water partition coefficient (Wildman–Crippen LogP) is 5.86. The fourth-order valence-electron chi connectivity index (χ4n) is 3.00. The van der Waals surface area contributed by atoms with Gasteiger partial charge in [0.1, 0.15) is 5.75 Å². The van der Waals surface area contributed by atoms with Crippen LogP contribution in [0.15, 0.2) is 42.5 Å². The molecule has 2 rings (SSSR count). The molecule has 1 saturated heterocycles. The highest BCUT2D eigenvalue weighted by Gasteiger charge is 2.31. The lowest BCUT2D eigenvalue weighted by atomic mass is 9.51. The maximum atomic E-state index is 6.33. The molecule has 1 aliphatic heterocycles. The van der Waals surface area contributed by atoms with Crippen molar-refractivity contribution >= 4 is 12.5 Å². The van der Waals surface area contributed by atoms with Gasteiger partial charge in [-0.2, -0.15) is 0 Å². The third kappa shape index (κ3) is 4.26. The van der Waals surface area contributed by atoms with Crippen LogP contribution in [0.3, 0.4) is 0 Å². The number of allylic oxidation sites excluding steroid dienone is 4. The van der Waals surface area contributed by atoms with E-state index in [1.54, 1.807) is 0 Å². The van der Waals surface area contributed by atoms with Crippen LogP contribution in [0.2, 0.25) is 12.6 Å². The Morgan fingerprint density at radius 2 is 1.81 bits per heavy atom. The minimum absolute atomic E-state index is 0.364. The number of rotatable bonds is 4. The van der Waals surface area contributed by atoms with E-state index in [4.69, 9.17) is 4.65 Å². The van der Waals surface area contributed by atoms with Crippen LogP contribution in [-0.4, -0.2) is 6.92 Å². The minimum Gasteiger partial charge on any atom is -0.560 e. The van der Waals surface area contributed by atoms with Gasteiger partial charge in [-0.1, -0.05) is 63.1 Å².